The van der Waals surface area contributed by atoms with Crippen LogP contribution in [0.4, 0.5) is 0 Å². The maximum absolute atomic E-state index is 11.1. The van der Waals surface area contributed by atoms with Crippen LogP contribution in [-0.4, -0.2) is 12.6 Å². The summed E-state index contributed by atoms with van der Waals surface area (Å²) in [6.45, 7) is 8.34. The lowest BCUT2D eigenvalue weighted by Crippen LogP contribution is -2.08. The van der Waals surface area contributed by atoms with Gasteiger partial charge in [-0.25, -0.2) is 4.79 Å². The summed E-state index contributed by atoms with van der Waals surface area (Å²) >= 11 is 0. The predicted molar refractivity (Wildman–Crippen MR) is 49.8 cm³/mol. The van der Waals surface area contributed by atoms with E-state index < -0.39 is 0 Å². The van der Waals surface area contributed by atoms with Gasteiger partial charge in [-0.1, -0.05) is 19.9 Å². The predicted octanol–water partition coefficient (Wildman–Crippen LogP) is 2.54. The Morgan fingerprint density at radius 3 is 2.50 bits per heavy atom. The van der Waals surface area contributed by atoms with Crippen molar-refractivity contribution >= 4 is 5.97 Å². The Balaban J connectivity index is 3.58. The average molecular weight is 170 g/mol. The van der Waals surface area contributed by atoms with E-state index in [1.54, 1.807) is 13.0 Å². The molecule has 0 aliphatic heterocycles. The third-order valence-corrected chi connectivity index (χ3v) is 1.68. The Labute approximate surface area is 74.6 Å². The normalized spacial score (nSPS) is 11.9. The van der Waals surface area contributed by atoms with Crippen molar-refractivity contribution in [3.05, 3.63) is 11.6 Å². The summed E-state index contributed by atoms with van der Waals surface area (Å²) in [7, 11) is 0. The summed E-state index contributed by atoms with van der Waals surface area (Å²) in [6.07, 6.45) is 2.69. The number of carbonyl (C=O) groups excluding carboxylic acids is 1. The van der Waals surface area contributed by atoms with Crippen LogP contribution in [0.3, 0.4) is 0 Å². The minimum absolute atomic E-state index is 0.196. The zero-order valence-electron chi connectivity index (χ0n) is 8.39. The minimum Gasteiger partial charge on any atom is -0.462 e. The molecule has 0 rings (SSSR count). The maximum Gasteiger partial charge on any atom is 0.333 e. The first-order valence-electron chi connectivity index (χ1n) is 4.38. The number of esters is 1. The fraction of sp³-hybridized carbons (Fsp3) is 0.700. The summed E-state index contributed by atoms with van der Waals surface area (Å²) in [4.78, 5) is 11.1. The summed E-state index contributed by atoms with van der Waals surface area (Å²) in [6, 6.07) is 0. The number of hydrogen-bond donors (Lipinski definition) is 0. The molecular formula is C10H18O2. The molecule has 0 bridgehead atoms. The quantitative estimate of drug-likeness (QED) is 0.478. The first kappa shape index (κ1) is 11.2. The number of rotatable bonds is 4. The molecule has 12 heavy (non-hydrogen) atoms. The molecule has 0 aromatic carbocycles. The molecule has 0 atom stereocenters. The van der Waals surface area contributed by atoms with Gasteiger partial charge in [0.1, 0.15) is 0 Å². The van der Waals surface area contributed by atoms with Gasteiger partial charge in [0.15, 0.2) is 0 Å². The SMILES string of the molecule is CC=C(C)C(=O)OCCC(C)C. The van der Waals surface area contributed by atoms with E-state index in [9.17, 15) is 4.79 Å². The largest absolute Gasteiger partial charge is 0.462 e. The van der Waals surface area contributed by atoms with Crippen molar-refractivity contribution in [3.8, 4) is 0 Å². The van der Waals surface area contributed by atoms with Crippen molar-refractivity contribution in [2.45, 2.75) is 34.1 Å². The van der Waals surface area contributed by atoms with Crippen LogP contribution in [0.25, 0.3) is 0 Å². The van der Waals surface area contributed by atoms with E-state index in [1.165, 1.54) is 0 Å². The van der Waals surface area contributed by atoms with E-state index in [1.807, 2.05) is 6.92 Å². The van der Waals surface area contributed by atoms with Crippen LogP contribution in [0, 0.1) is 5.92 Å². The zero-order chi connectivity index (χ0) is 9.56. The maximum atomic E-state index is 11.1. The fourth-order valence-corrected chi connectivity index (χ4v) is 0.619. The minimum atomic E-state index is -0.196. The Hall–Kier alpha value is -0.790. The number of allylic oxidation sites excluding steroid dienone is 1. The van der Waals surface area contributed by atoms with Gasteiger partial charge in [0, 0.05) is 5.57 Å². The van der Waals surface area contributed by atoms with Crippen LogP contribution >= 0.6 is 0 Å². The molecule has 0 N–H and O–H groups in total. The number of ether oxygens (including phenoxy) is 1. The van der Waals surface area contributed by atoms with Crippen molar-refractivity contribution in [1.82, 2.24) is 0 Å². The van der Waals surface area contributed by atoms with Gasteiger partial charge in [0.05, 0.1) is 6.61 Å². The van der Waals surface area contributed by atoms with E-state index >= 15 is 0 Å². The van der Waals surface area contributed by atoms with Gasteiger partial charge >= 0.3 is 5.97 Å². The summed E-state index contributed by atoms with van der Waals surface area (Å²) < 4.78 is 5.00. The van der Waals surface area contributed by atoms with Gasteiger partial charge in [-0.15, -0.1) is 0 Å². The van der Waals surface area contributed by atoms with Crippen molar-refractivity contribution in [2.24, 2.45) is 5.92 Å². The van der Waals surface area contributed by atoms with Crippen LogP contribution in [0.5, 0.6) is 0 Å². The lowest BCUT2D eigenvalue weighted by atomic mass is 10.1. The Bertz CT molecular complexity index is 169. The monoisotopic (exact) mass is 170 g/mol. The first-order valence-corrected chi connectivity index (χ1v) is 4.38. The van der Waals surface area contributed by atoms with Gasteiger partial charge < -0.3 is 4.74 Å². The first-order chi connectivity index (χ1) is 5.57. The van der Waals surface area contributed by atoms with E-state index in [2.05, 4.69) is 13.8 Å². The van der Waals surface area contributed by atoms with Crippen LogP contribution in [0.1, 0.15) is 34.1 Å². The second-order valence-corrected chi connectivity index (χ2v) is 3.29. The zero-order valence-corrected chi connectivity index (χ0v) is 8.39. The molecule has 0 saturated heterocycles. The smallest absolute Gasteiger partial charge is 0.333 e. The molecule has 2 heteroatoms. The van der Waals surface area contributed by atoms with Gasteiger partial charge in [0.25, 0.3) is 0 Å². The Morgan fingerprint density at radius 1 is 1.50 bits per heavy atom. The summed E-state index contributed by atoms with van der Waals surface area (Å²) in [5.74, 6) is 0.391. The van der Waals surface area contributed by atoms with Crippen LogP contribution in [0.2, 0.25) is 0 Å². The molecule has 0 aromatic rings. The highest BCUT2D eigenvalue weighted by Gasteiger charge is 2.03. The van der Waals surface area contributed by atoms with Gasteiger partial charge in [-0.3, -0.25) is 0 Å². The van der Waals surface area contributed by atoms with Crippen LogP contribution in [0.15, 0.2) is 11.6 Å². The van der Waals surface area contributed by atoms with E-state index in [-0.39, 0.29) is 5.97 Å². The molecule has 0 spiro atoms. The molecule has 70 valence electrons. The molecule has 0 unspecified atom stereocenters. The Morgan fingerprint density at radius 2 is 2.08 bits per heavy atom. The molecule has 0 amide bonds. The highest BCUT2D eigenvalue weighted by molar-refractivity contribution is 5.87. The Kier molecular flexibility index (Phi) is 5.43. The van der Waals surface area contributed by atoms with Crippen molar-refractivity contribution in [3.63, 3.8) is 0 Å². The molecule has 0 aromatic heterocycles. The van der Waals surface area contributed by atoms with Crippen molar-refractivity contribution in [1.29, 1.82) is 0 Å². The third kappa shape index (κ3) is 4.94. The standard InChI is InChI=1S/C10H18O2/c1-5-9(4)10(11)12-7-6-8(2)3/h5,8H,6-7H2,1-4H3. The molecule has 0 aliphatic rings. The van der Waals surface area contributed by atoms with Gasteiger partial charge in [-0.05, 0) is 26.2 Å². The third-order valence-electron chi connectivity index (χ3n) is 1.68. The van der Waals surface area contributed by atoms with Crippen molar-refractivity contribution < 1.29 is 9.53 Å². The fourth-order valence-electron chi connectivity index (χ4n) is 0.619. The summed E-state index contributed by atoms with van der Waals surface area (Å²) in [5, 5.41) is 0. The average Bonchev–Trinajstić information content (AvgIpc) is 2.02. The highest BCUT2D eigenvalue weighted by atomic mass is 16.5. The van der Waals surface area contributed by atoms with E-state index in [0.717, 1.165) is 6.42 Å². The number of hydrogen-bond acceptors (Lipinski definition) is 2. The highest BCUT2D eigenvalue weighted by Crippen LogP contribution is 2.01. The lowest BCUT2D eigenvalue weighted by Gasteiger charge is -2.06. The second-order valence-electron chi connectivity index (χ2n) is 3.29. The summed E-state index contributed by atoms with van der Waals surface area (Å²) in [5.41, 5.74) is 0.679. The second kappa shape index (κ2) is 5.81. The molecule has 0 fully saturated rings. The van der Waals surface area contributed by atoms with E-state index in [4.69, 9.17) is 4.74 Å². The topological polar surface area (TPSA) is 26.3 Å². The van der Waals surface area contributed by atoms with Gasteiger partial charge in [0.2, 0.25) is 0 Å². The van der Waals surface area contributed by atoms with Crippen LogP contribution in [-0.2, 0) is 9.53 Å². The molecule has 0 heterocycles. The molecule has 2 nitrogen and oxygen atoms in total. The molecule has 0 radical (unpaired) electrons. The molecule has 0 aliphatic carbocycles. The van der Waals surface area contributed by atoms with Gasteiger partial charge in [-0.2, -0.15) is 0 Å². The van der Waals surface area contributed by atoms with Crippen molar-refractivity contribution in [2.75, 3.05) is 6.61 Å². The van der Waals surface area contributed by atoms with Crippen LogP contribution < -0.4 is 0 Å². The number of carbonyl (C=O) groups is 1. The van der Waals surface area contributed by atoms with E-state index in [0.29, 0.717) is 18.1 Å². The lowest BCUT2D eigenvalue weighted by molar-refractivity contribution is -0.139. The molecule has 0 saturated carbocycles. The molecular weight excluding hydrogens is 152 g/mol.